The van der Waals surface area contributed by atoms with Gasteiger partial charge in [-0.3, -0.25) is 9.78 Å². The third-order valence-corrected chi connectivity index (χ3v) is 5.44. The average molecular weight is 436 g/mol. The summed E-state index contributed by atoms with van der Waals surface area (Å²) in [6.45, 7) is 1.53. The number of hydrogen-bond acceptors (Lipinski definition) is 7. The molecule has 4 rings (SSSR count). The summed E-state index contributed by atoms with van der Waals surface area (Å²) in [6, 6.07) is 9.34. The minimum atomic E-state index is -0.511. The summed E-state index contributed by atoms with van der Waals surface area (Å²) in [6.07, 6.45) is 5.19. The van der Waals surface area contributed by atoms with E-state index in [9.17, 15) is 9.18 Å². The van der Waals surface area contributed by atoms with Gasteiger partial charge in [0.25, 0.3) is 5.91 Å². The average Bonchev–Trinajstić information content (AvgIpc) is 2.80. The number of carbonyl (C=O) groups excluding carboxylic acids is 1. The predicted molar refractivity (Wildman–Crippen MR) is 122 cm³/mol. The highest BCUT2D eigenvalue weighted by molar-refractivity contribution is 6.07. The van der Waals surface area contributed by atoms with E-state index in [1.54, 1.807) is 18.5 Å². The highest BCUT2D eigenvalue weighted by atomic mass is 19.1. The van der Waals surface area contributed by atoms with Gasteiger partial charge in [-0.25, -0.2) is 9.37 Å². The molecule has 0 spiro atoms. The number of hydrogen-bond donors (Lipinski definition) is 3. The zero-order valence-corrected chi connectivity index (χ0v) is 17.7. The number of pyridine rings is 2. The number of carbonyl (C=O) groups is 1. The fourth-order valence-electron chi connectivity index (χ4n) is 3.80. The fraction of sp³-hybridized carbons (Fsp3) is 0.261. The van der Waals surface area contributed by atoms with Crippen molar-refractivity contribution in [3.05, 3.63) is 60.3 Å². The van der Waals surface area contributed by atoms with Gasteiger partial charge in [0, 0.05) is 30.9 Å². The number of ether oxygens (including phenoxy) is 1. The molecular formula is C23H25FN6O2. The zero-order valence-electron chi connectivity index (χ0n) is 17.7. The Morgan fingerprint density at radius 1 is 1.28 bits per heavy atom. The highest BCUT2D eigenvalue weighted by Gasteiger charge is 2.22. The number of benzene rings is 1. The van der Waals surface area contributed by atoms with Crippen LogP contribution in [0.25, 0.3) is 11.3 Å². The lowest BCUT2D eigenvalue weighted by atomic mass is 10.1. The van der Waals surface area contributed by atoms with Crippen LogP contribution < -0.4 is 26.4 Å². The third kappa shape index (κ3) is 4.47. The third-order valence-electron chi connectivity index (χ3n) is 5.44. The van der Waals surface area contributed by atoms with Gasteiger partial charge in [-0.05, 0) is 49.2 Å². The van der Waals surface area contributed by atoms with Gasteiger partial charge in [0.1, 0.15) is 11.6 Å². The number of nitrogens with two attached hydrogens (primary N) is 2. The lowest BCUT2D eigenvalue weighted by Gasteiger charge is -2.33. The lowest BCUT2D eigenvalue weighted by molar-refractivity contribution is 0.102. The van der Waals surface area contributed by atoms with Crippen LogP contribution in [-0.4, -0.2) is 42.1 Å². The van der Waals surface area contributed by atoms with E-state index in [1.807, 2.05) is 6.07 Å². The first kappa shape index (κ1) is 21.5. The maximum absolute atomic E-state index is 14.4. The van der Waals surface area contributed by atoms with Crippen LogP contribution in [0.15, 0.2) is 48.8 Å². The van der Waals surface area contributed by atoms with Crippen molar-refractivity contribution < 1.29 is 13.9 Å². The normalized spacial score (nSPS) is 16.0. The van der Waals surface area contributed by atoms with Gasteiger partial charge in [0.05, 0.1) is 36.1 Å². The topological polar surface area (TPSA) is 119 Å². The van der Waals surface area contributed by atoms with Gasteiger partial charge in [-0.1, -0.05) is 0 Å². The van der Waals surface area contributed by atoms with Crippen LogP contribution >= 0.6 is 0 Å². The Balaban J connectivity index is 1.63. The maximum Gasteiger partial charge on any atom is 0.276 e. The first-order valence-corrected chi connectivity index (χ1v) is 10.3. The summed E-state index contributed by atoms with van der Waals surface area (Å²) in [5.74, 6) is -0.514. The van der Waals surface area contributed by atoms with Crippen LogP contribution in [0, 0.1) is 5.82 Å². The van der Waals surface area contributed by atoms with Crippen molar-refractivity contribution in [3.63, 3.8) is 0 Å². The summed E-state index contributed by atoms with van der Waals surface area (Å²) in [7, 11) is 1.49. The molecule has 1 fully saturated rings. The molecule has 9 heteroatoms. The first-order chi connectivity index (χ1) is 15.5. The molecule has 166 valence electrons. The Morgan fingerprint density at radius 3 is 2.91 bits per heavy atom. The second kappa shape index (κ2) is 9.19. The molecule has 0 radical (unpaired) electrons. The summed E-state index contributed by atoms with van der Waals surface area (Å²) < 4.78 is 19.6. The van der Waals surface area contributed by atoms with Gasteiger partial charge in [-0.2, -0.15) is 0 Å². The van der Waals surface area contributed by atoms with Gasteiger partial charge in [-0.15, -0.1) is 0 Å². The molecule has 1 amide bonds. The molecule has 1 aliphatic rings. The van der Waals surface area contributed by atoms with E-state index >= 15 is 0 Å². The van der Waals surface area contributed by atoms with Crippen molar-refractivity contribution in [2.75, 3.05) is 36.1 Å². The molecule has 32 heavy (non-hydrogen) atoms. The van der Waals surface area contributed by atoms with Gasteiger partial charge >= 0.3 is 0 Å². The van der Waals surface area contributed by atoms with E-state index in [0.717, 1.165) is 25.1 Å². The fourth-order valence-corrected chi connectivity index (χ4v) is 3.80. The Hall–Kier alpha value is -3.72. The van der Waals surface area contributed by atoms with Crippen LogP contribution in [0.4, 0.5) is 21.5 Å². The molecule has 0 saturated carbocycles. The number of halogens is 1. The largest absolute Gasteiger partial charge is 0.497 e. The number of anilines is 3. The van der Waals surface area contributed by atoms with Gasteiger partial charge < -0.3 is 26.4 Å². The summed E-state index contributed by atoms with van der Waals surface area (Å²) in [5.41, 5.74) is 14.2. The zero-order chi connectivity index (χ0) is 22.7. The Bertz CT molecular complexity index is 1140. The number of rotatable bonds is 5. The van der Waals surface area contributed by atoms with Crippen LogP contribution in [-0.2, 0) is 0 Å². The molecule has 1 aliphatic heterocycles. The van der Waals surface area contributed by atoms with Gasteiger partial charge in [0.2, 0.25) is 0 Å². The molecule has 0 unspecified atom stereocenters. The van der Waals surface area contributed by atoms with Crippen LogP contribution in [0.1, 0.15) is 23.3 Å². The second-order valence-electron chi connectivity index (χ2n) is 7.68. The molecule has 1 aromatic carbocycles. The van der Waals surface area contributed by atoms with Gasteiger partial charge in [0.15, 0.2) is 5.69 Å². The smallest absolute Gasteiger partial charge is 0.276 e. The molecule has 1 saturated heterocycles. The van der Waals surface area contributed by atoms with E-state index < -0.39 is 11.7 Å². The number of nitrogens with one attached hydrogen (secondary N) is 1. The number of nitrogens with zero attached hydrogens (tertiary/aromatic N) is 3. The molecule has 2 aromatic heterocycles. The number of amides is 1. The molecule has 3 aromatic rings. The summed E-state index contributed by atoms with van der Waals surface area (Å²) in [5, 5.41) is 2.85. The number of methoxy groups -OCH3 is 1. The standard InChI is InChI=1S/C23H25FN6O2/c1-32-15-4-5-17(24)16(11-15)19-7-6-18(26)22(28-19)23(31)29-20-12-27-9-8-21(20)30-10-2-3-14(25)13-30/h4-9,11-12,14H,2-3,10,13,25-26H2,1H3,(H,29,31)/t14-/m0/s1. The van der Waals surface area contributed by atoms with E-state index in [4.69, 9.17) is 16.2 Å². The number of piperidine rings is 1. The molecule has 1 atom stereocenters. The van der Waals surface area contributed by atoms with E-state index in [1.165, 1.54) is 31.4 Å². The Labute approximate surface area is 185 Å². The van der Waals surface area contributed by atoms with Crippen molar-refractivity contribution in [1.82, 2.24) is 9.97 Å². The first-order valence-electron chi connectivity index (χ1n) is 10.3. The van der Waals surface area contributed by atoms with Crippen LogP contribution in [0.3, 0.4) is 0 Å². The predicted octanol–water partition coefficient (Wildman–Crippen LogP) is 3.05. The number of nitrogen functional groups attached to an aromatic ring is 1. The molecule has 0 bridgehead atoms. The molecule has 3 heterocycles. The van der Waals surface area contributed by atoms with Crippen molar-refractivity contribution in [2.45, 2.75) is 18.9 Å². The molecule has 5 N–H and O–H groups in total. The molecular weight excluding hydrogens is 411 g/mol. The van der Waals surface area contributed by atoms with Crippen LogP contribution in [0.5, 0.6) is 5.75 Å². The molecule has 8 nitrogen and oxygen atoms in total. The lowest BCUT2D eigenvalue weighted by Crippen LogP contribution is -2.43. The highest BCUT2D eigenvalue weighted by Crippen LogP contribution is 2.30. The van der Waals surface area contributed by atoms with Crippen molar-refractivity contribution in [1.29, 1.82) is 0 Å². The van der Waals surface area contributed by atoms with Crippen molar-refractivity contribution in [2.24, 2.45) is 5.73 Å². The SMILES string of the molecule is COc1ccc(F)c(-c2ccc(N)c(C(=O)Nc3cnccc3N3CCC[C@H](N)C3)n2)c1. The minimum absolute atomic E-state index is 0.00475. The Morgan fingerprint density at radius 2 is 2.12 bits per heavy atom. The van der Waals surface area contributed by atoms with Crippen molar-refractivity contribution >= 4 is 23.0 Å². The maximum atomic E-state index is 14.4. The monoisotopic (exact) mass is 436 g/mol. The van der Waals surface area contributed by atoms with Crippen LogP contribution in [0.2, 0.25) is 0 Å². The summed E-state index contributed by atoms with van der Waals surface area (Å²) in [4.78, 5) is 23.7. The molecule has 0 aliphatic carbocycles. The Kier molecular flexibility index (Phi) is 6.18. The van der Waals surface area contributed by atoms with E-state index in [-0.39, 0.29) is 28.7 Å². The number of aromatic nitrogens is 2. The van der Waals surface area contributed by atoms with E-state index in [0.29, 0.717) is 18.0 Å². The quantitative estimate of drug-likeness (QED) is 0.562. The van der Waals surface area contributed by atoms with Crippen molar-refractivity contribution in [3.8, 4) is 17.0 Å². The van der Waals surface area contributed by atoms with E-state index in [2.05, 4.69) is 20.2 Å². The summed E-state index contributed by atoms with van der Waals surface area (Å²) >= 11 is 0. The second-order valence-corrected chi connectivity index (χ2v) is 7.68. The minimum Gasteiger partial charge on any atom is -0.497 e.